The Labute approximate surface area is 97.3 Å². The number of primary amides is 1. The zero-order valence-corrected chi connectivity index (χ0v) is 9.01. The van der Waals surface area contributed by atoms with Gasteiger partial charge in [0.15, 0.2) is 6.29 Å². The summed E-state index contributed by atoms with van der Waals surface area (Å²) in [5.74, 6) is -0.384. The van der Waals surface area contributed by atoms with Crippen LogP contribution in [-0.2, 0) is 4.79 Å². The average Bonchev–Trinajstić information content (AvgIpc) is 2.70. The first-order valence-corrected chi connectivity index (χ1v) is 5.08. The molecule has 1 amide bonds. The van der Waals surface area contributed by atoms with Gasteiger partial charge < -0.3 is 10.7 Å². The standard InChI is InChI=1S/C12H11N3O2/c13-11(17)3-1-2-8-4-10-9(7-16)6-15-12(10)14-5-8/h1-2,4-7H,3H2,(H2,13,17)(H,14,15). The monoisotopic (exact) mass is 229 g/mol. The Balaban J connectivity index is 2.33. The molecule has 0 aliphatic carbocycles. The maximum absolute atomic E-state index is 10.8. The van der Waals surface area contributed by atoms with Gasteiger partial charge in [-0.05, 0) is 11.6 Å². The Morgan fingerprint density at radius 2 is 2.35 bits per heavy atom. The molecular weight excluding hydrogens is 218 g/mol. The van der Waals surface area contributed by atoms with Gasteiger partial charge in [0.2, 0.25) is 5.91 Å². The van der Waals surface area contributed by atoms with E-state index in [2.05, 4.69) is 9.97 Å². The molecule has 5 nitrogen and oxygen atoms in total. The fraction of sp³-hybridized carbons (Fsp3) is 0.0833. The maximum atomic E-state index is 10.8. The third kappa shape index (κ3) is 2.39. The fourth-order valence-electron chi connectivity index (χ4n) is 1.54. The van der Waals surface area contributed by atoms with E-state index < -0.39 is 0 Å². The molecular formula is C12H11N3O2. The number of pyridine rings is 1. The van der Waals surface area contributed by atoms with Gasteiger partial charge in [-0.1, -0.05) is 12.2 Å². The van der Waals surface area contributed by atoms with E-state index in [1.807, 2.05) is 6.07 Å². The Hall–Kier alpha value is -2.43. The number of carbonyl (C=O) groups is 2. The van der Waals surface area contributed by atoms with Gasteiger partial charge in [-0.2, -0.15) is 0 Å². The molecule has 0 aliphatic rings. The van der Waals surface area contributed by atoms with Crippen LogP contribution >= 0.6 is 0 Å². The van der Waals surface area contributed by atoms with Crippen molar-refractivity contribution in [2.75, 3.05) is 0 Å². The minimum absolute atomic E-state index is 0.186. The second kappa shape index (κ2) is 4.61. The Morgan fingerprint density at radius 3 is 3.06 bits per heavy atom. The van der Waals surface area contributed by atoms with Crippen LogP contribution in [0.15, 0.2) is 24.5 Å². The lowest BCUT2D eigenvalue weighted by Crippen LogP contribution is -2.07. The van der Waals surface area contributed by atoms with E-state index in [1.54, 1.807) is 24.5 Å². The van der Waals surface area contributed by atoms with Crippen molar-refractivity contribution in [3.8, 4) is 0 Å². The summed E-state index contributed by atoms with van der Waals surface area (Å²) in [6.45, 7) is 0. The van der Waals surface area contributed by atoms with E-state index in [9.17, 15) is 9.59 Å². The molecule has 0 radical (unpaired) electrons. The summed E-state index contributed by atoms with van der Waals surface area (Å²) >= 11 is 0. The number of rotatable bonds is 4. The average molecular weight is 229 g/mol. The van der Waals surface area contributed by atoms with Crippen molar-refractivity contribution < 1.29 is 9.59 Å². The van der Waals surface area contributed by atoms with E-state index in [-0.39, 0.29) is 12.3 Å². The van der Waals surface area contributed by atoms with Crippen molar-refractivity contribution in [2.24, 2.45) is 5.73 Å². The lowest BCUT2D eigenvalue weighted by atomic mass is 10.1. The number of nitrogens with one attached hydrogen (secondary N) is 1. The van der Waals surface area contributed by atoms with Gasteiger partial charge in [-0.3, -0.25) is 9.59 Å². The normalized spacial score (nSPS) is 11.1. The van der Waals surface area contributed by atoms with E-state index in [0.29, 0.717) is 11.2 Å². The summed E-state index contributed by atoms with van der Waals surface area (Å²) in [5, 5.41) is 0.765. The number of hydrogen-bond acceptors (Lipinski definition) is 3. The van der Waals surface area contributed by atoms with Gasteiger partial charge in [0, 0.05) is 29.8 Å². The van der Waals surface area contributed by atoms with Crippen LogP contribution in [0.1, 0.15) is 22.3 Å². The van der Waals surface area contributed by atoms with Crippen LogP contribution in [0.25, 0.3) is 17.1 Å². The van der Waals surface area contributed by atoms with E-state index in [4.69, 9.17) is 5.73 Å². The van der Waals surface area contributed by atoms with Crippen LogP contribution in [0.3, 0.4) is 0 Å². The van der Waals surface area contributed by atoms with Gasteiger partial charge in [-0.15, -0.1) is 0 Å². The molecule has 2 heterocycles. The fourth-order valence-corrected chi connectivity index (χ4v) is 1.54. The number of fused-ring (bicyclic) bond motifs is 1. The number of amides is 1. The molecule has 2 aromatic rings. The first-order chi connectivity index (χ1) is 8.20. The molecule has 3 N–H and O–H groups in total. The topological polar surface area (TPSA) is 88.8 Å². The third-order valence-electron chi connectivity index (χ3n) is 2.34. The molecule has 0 saturated carbocycles. The number of nitrogens with zero attached hydrogens (tertiary/aromatic N) is 1. The molecule has 17 heavy (non-hydrogen) atoms. The summed E-state index contributed by atoms with van der Waals surface area (Å²) in [7, 11) is 0. The second-order valence-corrected chi connectivity index (χ2v) is 3.60. The van der Waals surface area contributed by atoms with Gasteiger partial charge >= 0.3 is 0 Å². The molecule has 2 rings (SSSR count). The highest BCUT2D eigenvalue weighted by Gasteiger charge is 2.03. The number of aromatic amines is 1. The van der Waals surface area contributed by atoms with Crippen molar-refractivity contribution in [1.82, 2.24) is 9.97 Å². The molecule has 0 saturated heterocycles. The lowest BCUT2D eigenvalue weighted by Gasteiger charge is -1.94. The van der Waals surface area contributed by atoms with Crippen LogP contribution in [0.2, 0.25) is 0 Å². The molecule has 5 heteroatoms. The minimum Gasteiger partial charge on any atom is -0.369 e. The molecule has 0 spiro atoms. The highest BCUT2D eigenvalue weighted by Crippen LogP contribution is 2.16. The molecule has 0 fully saturated rings. The van der Waals surface area contributed by atoms with Crippen molar-refractivity contribution >= 4 is 29.3 Å². The SMILES string of the molecule is NC(=O)CC=Cc1cnc2[nH]cc(C=O)c2c1. The predicted octanol–water partition coefficient (Wildman–Crippen LogP) is 1.26. The molecule has 0 aliphatic heterocycles. The number of H-pyrrole nitrogens is 1. The smallest absolute Gasteiger partial charge is 0.221 e. The van der Waals surface area contributed by atoms with Crippen LogP contribution in [0.5, 0.6) is 0 Å². The first kappa shape index (κ1) is 11.1. The molecule has 0 atom stereocenters. The van der Waals surface area contributed by atoms with Gasteiger partial charge in [-0.25, -0.2) is 4.98 Å². The van der Waals surface area contributed by atoms with E-state index >= 15 is 0 Å². The predicted molar refractivity (Wildman–Crippen MR) is 64.3 cm³/mol. The van der Waals surface area contributed by atoms with Crippen LogP contribution in [0, 0.1) is 0 Å². The van der Waals surface area contributed by atoms with E-state index in [0.717, 1.165) is 17.2 Å². The summed E-state index contributed by atoms with van der Waals surface area (Å²) in [4.78, 5) is 28.4. The number of aromatic nitrogens is 2. The highest BCUT2D eigenvalue weighted by molar-refractivity contribution is 5.96. The quantitative estimate of drug-likeness (QED) is 0.773. The van der Waals surface area contributed by atoms with Gasteiger partial charge in [0.05, 0.1) is 0 Å². The number of hydrogen-bond donors (Lipinski definition) is 2. The van der Waals surface area contributed by atoms with Crippen molar-refractivity contribution in [3.63, 3.8) is 0 Å². The lowest BCUT2D eigenvalue weighted by molar-refractivity contribution is -0.117. The Bertz CT molecular complexity index is 599. The zero-order chi connectivity index (χ0) is 12.3. The Kier molecular flexibility index (Phi) is 3.00. The summed E-state index contributed by atoms with van der Waals surface area (Å²) < 4.78 is 0. The number of aldehydes is 1. The first-order valence-electron chi connectivity index (χ1n) is 5.08. The summed E-state index contributed by atoms with van der Waals surface area (Å²) in [5.41, 5.74) is 7.07. The molecule has 86 valence electrons. The largest absolute Gasteiger partial charge is 0.369 e. The zero-order valence-electron chi connectivity index (χ0n) is 9.01. The Morgan fingerprint density at radius 1 is 1.53 bits per heavy atom. The maximum Gasteiger partial charge on any atom is 0.221 e. The van der Waals surface area contributed by atoms with Crippen molar-refractivity contribution in [1.29, 1.82) is 0 Å². The van der Waals surface area contributed by atoms with Gasteiger partial charge in [0.1, 0.15) is 5.65 Å². The minimum atomic E-state index is -0.384. The number of nitrogens with two attached hydrogens (primary N) is 1. The van der Waals surface area contributed by atoms with Crippen LogP contribution in [0.4, 0.5) is 0 Å². The van der Waals surface area contributed by atoms with Crippen molar-refractivity contribution in [2.45, 2.75) is 6.42 Å². The number of carbonyl (C=O) groups excluding carboxylic acids is 2. The second-order valence-electron chi connectivity index (χ2n) is 3.60. The van der Waals surface area contributed by atoms with E-state index in [1.165, 1.54) is 0 Å². The molecule has 0 aromatic carbocycles. The van der Waals surface area contributed by atoms with Crippen LogP contribution in [-0.4, -0.2) is 22.2 Å². The van der Waals surface area contributed by atoms with Crippen LogP contribution < -0.4 is 5.73 Å². The highest BCUT2D eigenvalue weighted by atomic mass is 16.1. The summed E-state index contributed by atoms with van der Waals surface area (Å²) in [6, 6.07) is 1.83. The molecule has 2 aromatic heterocycles. The summed E-state index contributed by atoms with van der Waals surface area (Å²) in [6.07, 6.45) is 7.65. The molecule has 0 unspecified atom stereocenters. The van der Waals surface area contributed by atoms with Crippen molar-refractivity contribution in [3.05, 3.63) is 35.7 Å². The molecule has 0 bridgehead atoms. The third-order valence-corrected chi connectivity index (χ3v) is 2.34. The van der Waals surface area contributed by atoms with Gasteiger partial charge in [0.25, 0.3) is 0 Å².